The number of carbonyl (C=O) groups excluding carboxylic acids is 2. The van der Waals surface area contributed by atoms with E-state index in [4.69, 9.17) is 15.9 Å². The molecule has 2 heterocycles. The first-order chi connectivity index (χ1) is 12.2. The van der Waals surface area contributed by atoms with Gasteiger partial charge in [-0.15, -0.1) is 12.3 Å². The molecule has 0 amide bonds. The predicted molar refractivity (Wildman–Crippen MR) is 101 cm³/mol. The maximum atomic E-state index is 13.0. The van der Waals surface area contributed by atoms with Crippen molar-refractivity contribution in [1.29, 1.82) is 0 Å². The van der Waals surface area contributed by atoms with Gasteiger partial charge >= 0.3 is 5.97 Å². The molecule has 2 saturated heterocycles. The van der Waals surface area contributed by atoms with E-state index in [9.17, 15) is 9.59 Å². The molecule has 0 N–H and O–H groups in total. The first-order valence-electron chi connectivity index (χ1n) is 9.99. The van der Waals surface area contributed by atoms with Crippen molar-refractivity contribution in [2.24, 2.45) is 17.3 Å². The van der Waals surface area contributed by atoms with E-state index < -0.39 is 5.41 Å². The van der Waals surface area contributed by atoms with Gasteiger partial charge in [-0.3, -0.25) is 9.59 Å². The molecule has 0 aromatic heterocycles. The fraction of sp³-hybridized carbons (Fsp3) is 0.818. The van der Waals surface area contributed by atoms with Gasteiger partial charge in [0.05, 0.1) is 18.3 Å². The van der Waals surface area contributed by atoms with Gasteiger partial charge in [-0.25, -0.2) is 0 Å². The third-order valence-electron chi connectivity index (χ3n) is 6.09. The van der Waals surface area contributed by atoms with Crippen molar-refractivity contribution >= 4 is 11.8 Å². The molecule has 0 saturated carbocycles. The topological polar surface area (TPSA) is 55.9 Å². The van der Waals surface area contributed by atoms with Crippen LogP contribution < -0.4 is 0 Å². The van der Waals surface area contributed by atoms with Crippen molar-refractivity contribution in [3.63, 3.8) is 0 Å². The number of epoxide rings is 1. The molecule has 2 aliphatic heterocycles. The lowest BCUT2D eigenvalue weighted by molar-refractivity contribution is -0.145. The molecule has 4 nitrogen and oxygen atoms in total. The summed E-state index contributed by atoms with van der Waals surface area (Å²) in [4.78, 5) is 25.1. The molecule has 0 spiro atoms. The van der Waals surface area contributed by atoms with Crippen LogP contribution in [0.25, 0.3) is 0 Å². The second kappa shape index (κ2) is 8.57. The Morgan fingerprint density at radius 3 is 2.62 bits per heavy atom. The number of carbonyl (C=O) groups is 2. The molecule has 4 heteroatoms. The van der Waals surface area contributed by atoms with Crippen molar-refractivity contribution in [2.75, 3.05) is 6.61 Å². The number of Topliss-reactive ketones (excluding diaryl/α,β-unsaturated/α-hetero) is 1. The summed E-state index contributed by atoms with van der Waals surface area (Å²) in [7, 11) is 0. The number of ketones is 1. The maximum Gasteiger partial charge on any atom is 0.305 e. The fourth-order valence-electron chi connectivity index (χ4n) is 4.15. The minimum atomic E-state index is -0.560. The minimum absolute atomic E-state index is 0.0702. The van der Waals surface area contributed by atoms with Gasteiger partial charge in [-0.1, -0.05) is 33.6 Å². The highest BCUT2D eigenvalue weighted by atomic mass is 16.6. The summed E-state index contributed by atoms with van der Waals surface area (Å²) in [5.41, 5.74) is -0.630. The van der Waals surface area contributed by atoms with E-state index in [0.717, 1.165) is 32.1 Å². The Hall–Kier alpha value is -1.34. The van der Waals surface area contributed by atoms with Crippen LogP contribution in [0.3, 0.4) is 0 Å². The molecule has 146 valence electrons. The van der Waals surface area contributed by atoms with Crippen molar-refractivity contribution in [2.45, 2.75) is 90.8 Å². The Labute approximate surface area is 158 Å². The van der Waals surface area contributed by atoms with Gasteiger partial charge in [0, 0.05) is 30.6 Å². The van der Waals surface area contributed by atoms with Gasteiger partial charge in [-0.2, -0.15) is 0 Å². The third kappa shape index (κ3) is 5.58. The van der Waals surface area contributed by atoms with Crippen LogP contribution in [0.5, 0.6) is 0 Å². The Kier molecular flexibility index (Phi) is 6.91. The summed E-state index contributed by atoms with van der Waals surface area (Å²) in [5, 5.41) is 0. The molecule has 26 heavy (non-hydrogen) atoms. The molecule has 4 unspecified atom stereocenters. The molecular weight excluding hydrogens is 328 g/mol. The highest BCUT2D eigenvalue weighted by molar-refractivity contribution is 5.87. The number of hydrogen-bond donors (Lipinski definition) is 0. The molecule has 2 rings (SSSR count). The first kappa shape index (κ1) is 21.0. The Morgan fingerprint density at radius 2 is 1.92 bits per heavy atom. The summed E-state index contributed by atoms with van der Waals surface area (Å²) < 4.78 is 11.2. The van der Waals surface area contributed by atoms with Crippen LogP contribution in [-0.4, -0.2) is 30.1 Å². The van der Waals surface area contributed by atoms with Crippen molar-refractivity contribution in [1.82, 2.24) is 0 Å². The Morgan fingerprint density at radius 1 is 1.19 bits per heavy atom. The second-order valence-electron chi connectivity index (χ2n) is 9.01. The average Bonchev–Trinajstić information content (AvgIpc) is 3.21. The number of esters is 1. The van der Waals surface area contributed by atoms with E-state index >= 15 is 0 Å². The lowest BCUT2D eigenvalue weighted by atomic mass is 9.74. The summed E-state index contributed by atoms with van der Waals surface area (Å²) in [6.45, 7) is 8.58. The quantitative estimate of drug-likeness (QED) is 0.396. The van der Waals surface area contributed by atoms with Crippen molar-refractivity contribution < 1.29 is 19.1 Å². The number of cyclic esters (lactones) is 1. The normalized spacial score (nSPS) is 36.5. The molecule has 0 radical (unpaired) electrons. The van der Waals surface area contributed by atoms with E-state index in [1.54, 1.807) is 0 Å². The second-order valence-corrected chi connectivity index (χ2v) is 9.01. The summed E-state index contributed by atoms with van der Waals surface area (Å²) in [5.74, 6) is 2.94. The van der Waals surface area contributed by atoms with Crippen LogP contribution >= 0.6 is 0 Å². The van der Waals surface area contributed by atoms with Crippen LogP contribution in [0.15, 0.2) is 0 Å². The van der Waals surface area contributed by atoms with E-state index in [1.807, 2.05) is 13.8 Å². The number of rotatable bonds is 1. The van der Waals surface area contributed by atoms with E-state index in [-0.39, 0.29) is 35.8 Å². The zero-order valence-corrected chi connectivity index (χ0v) is 16.8. The van der Waals surface area contributed by atoms with E-state index in [2.05, 4.69) is 19.8 Å². The molecular formula is C22H34O4. The van der Waals surface area contributed by atoms with Crippen LogP contribution in [0.4, 0.5) is 0 Å². The van der Waals surface area contributed by atoms with Crippen LogP contribution in [0.2, 0.25) is 0 Å². The van der Waals surface area contributed by atoms with Crippen molar-refractivity contribution in [3.05, 3.63) is 0 Å². The van der Waals surface area contributed by atoms with Gasteiger partial charge in [0.1, 0.15) is 5.78 Å². The van der Waals surface area contributed by atoms with Gasteiger partial charge < -0.3 is 9.47 Å². The van der Waals surface area contributed by atoms with E-state index in [0.29, 0.717) is 25.4 Å². The van der Waals surface area contributed by atoms with Gasteiger partial charge in [-0.05, 0) is 32.1 Å². The zero-order chi connectivity index (χ0) is 19.4. The molecule has 0 aliphatic carbocycles. The number of fused-ring (bicyclic) bond motifs is 1. The maximum absolute atomic E-state index is 13.0. The van der Waals surface area contributed by atoms with Crippen molar-refractivity contribution in [3.8, 4) is 12.3 Å². The molecule has 0 aromatic rings. The van der Waals surface area contributed by atoms with Gasteiger partial charge in [0.2, 0.25) is 0 Å². The lowest BCUT2D eigenvalue weighted by Gasteiger charge is -2.29. The first-order valence-corrected chi connectivity index (χ1v) is 9.99. The standard InChI is InChI=1S/C22H34O4/c1-6-8-17-15-16(2)9-7-12-22(5)18(26-22)11-14-25-19(23)10-13-21(3,4)20(17)24/h1,16-18H,7-15H2,2-5H3. The zero-order valence-electron chi connectivity index (χ0n) is 16.8. The summed E-state index contributed by atoms with van der Waals surface area (Å²) in [6.07, 6.45) is 11.7. The lowest BCUT2D eigenvalue weighted by Crippen LogP contribution is -2.32. The predicted octanol–water partition coefficient (Wildman–Crippen LogP) is 4.30. The molecule has 4 atom stereocenters. The van der Waals surface area contributed by atoms with Gasteiger partial charge in [0.25, 0.3) is 0 Å². The van der Waals surface area contributed by atoms with Gasteiger partial charge in [0.15, 0.2) is 0 Å². The Balaban J connectivity index is 2.07. The summed E-state index contributed by atoms with van der Waals surface area (Å²) in [6, 6.07) is 0. The monoisotopic (exact) mass is 362 g/mol. The average molecular weight is 363 g/mol. The van der Waals surface area contributed by atoms with Crippen LogP contribution in [0, 0.1) is 29.6 Å². The van der Waals surface area contributed by atoms with Crippen LogP contribution in [0.1, 0.15) is 79.1 Å². The smallest absolute Gasteiger partial charge is 0.305 e. The van der Waals surface area contributed by atoms with Crippen LogP contribution in [-0.2, 0) is 19.1 Å². The summed E-state index contributed by atoms with van der Waals surface area (Å²) >= 11 is 0. The largest absolute Gasteiger partial charge is 0.466 e. The Bertz CT molecular complexity index is 559. The SMILES string of the molecule is C#CCC1CC(C)CCCC2(C)OC2CCOC(=O)CCC(C)(C)C1=O. The third-order valence-corrected chi connectivity index (χ3v) is 6.09. The number of ether oxygens (including phenoxy) is 2. The molecule has 2 aliphatic rings. The highest BCUT2D eigenvalue weighted by Gasteiger charge is 2.51. The number of terminal acetylenes is 1. The minimum Gasteiger partial charge on any atom is -0.466 e. The van der Waals surface area contributed by atoms with E-state index in [1.165, 1.54) is 0 Å². The molecule has 0 aromatic carbocycles. The number of hydrogen-bond acceptors (Lipinski definition) is 4. The molecule has 2 fully saturated rings. The molecule has 0 bridgehead atoms. The fourth-order valence-corrected chi connectivity index (χ4v) is 4.15. The highest BCUT2D eigenvalue weighted by Crippen LogP contribution is 2.43.